The number of anilines is 1. The summed E-state index contributed by atoms with van der Waals surface area (Å²) in [5, 5.41) is 16.3. The van der Waals surface area contributed by atoms with Crippen LogP contribution in [-0.2, 0) is 4.79 Å². The van der Waals surface area contributed by atoms with Crippen molar-refractivity contribution in [2.45, 2.75) is 5.03 Å². The number of aromatic nitrogens is 4. The van der Waals surface area contributed by atoms with Crippen molar-refractivity contribution in [1.82, 2.24) is 20.0 Å². The quantitative estimate of drug-likeness (QED) is 0.451. The van der Waals surface area contributed by atoms with Crippen molar-refractivity contribution in [1.29, 1.82) is 0 Å². The number of nitrogens with one attached hydrogen (secondary N) is 1. The van der Waals surface area contributed by atoms with Gasteiger partial charge in [-0.25, -0.2) is 4.68 Å². The molecule has 0 unspecified atom stereocenters. The standard InChI is InChI=1S/C23H19N5O3S/c29-22(25-17-4-8-20-21(14-17)31-13-12-30-20)15-32-23-9-7-19(26-27-23)16-2-5-18(6-3-16)28-11-1-10-24-28/h1-11,14H,12-13,15H2,(H,25,29). The van der Waals surface area contributed by atoms with Crippen molar-refractivity contribution < 1.29 is 14.3 Å². The molecule has 1 amide bonds. The zero-order valence-electron chi connectivity index (χ0n) is 17.0. The SMILES string of the molecule is O=C(CSc1ccc(-c2ccc(-n3cccn3)cc2)nn1)Nc1ccc2c(c1)OCCO2. The van der Waals surface area contributed by atoms with E-state index in [4.69, 9.17) is 9.47 Å². The molecular formula is C23H19N5O3S. The normalized spacial score (nSPS) is 12.4. The first kappa shape index (κ1) is 20.1. The second kappa shape index (κ2) is 9.11. The third-order valence-electron chi connectivity index (χ3n) is 4.75. The fourth-order valence-electron chi connectivity index (χ4n) is 3.22. The minimum absolute atomic E-state index is 0.133. The molecule has 32 heavy (non-hydrogen) atoms. The Morgan fingerprint density at radius 2 is 1.84 bits per heavy atom. The maximum Gasteiger partial charge on any atom is 0.234 e. The predicted molar refractivity (Wildman–Crippen MR) is 121 cm³/mol. The largest absolute Gasteiger partial charge is 0.486 e. The van der Waals surface area contributed by atoms with Crippen LogP contribution in [0.1, 0.15) is 0 Å². The highest BCUT2D eigenvalue weighted by atomic mass is 32.2. The molecule has 1 aliphatic heterocycles. The van der Waals surface area contributed by atoms with Gasteiger partial charge in [0.2, 0.25) is 5.91 Å². The fourth-order valence-corrected chi connectivity index (χ4v) is 3.83. The Kier molecular flexibility index (Phi) is 5.71. The molecule has 4 aromatic rings. The van der Waals surface area contributed by atoms with Crippen LogP contribution in [0.15, 0.2) is 78.1 Å². The number of hydrogen-bond acceptors (Lipinski definition) is 7. The van der Waals surface area contributed by atoms with Gasteiger partial charge in [-0.15, -0.1) is 10.2 Å². The fraction of sp³-hybridized carbons (Fsp3) is 0.130. The summed E-state index contributed by atoms with van der Waals surface area (Å²) in [4.78, 5) is 12.3. The molecule has 2 aromatic carbocycles. The Bertz CT molecular complexity index is 1210. The molecule has 3 heterocycles. The Morgan fingerprint density at radius 1 is 1.00 bits per heavy atom. The Balaban J connectivity index is 1.16. The second-order valence-corrected chi connectivity index (χ2v) is 7.95. The Labute approximate surface area is 188 Å². The smallest absolute Gasteiger partial charge is 0.234 e. The molecule has 9 heteroatoms. The van der Waals surface area contributed by atoms with Gasteiger partial charge in [0, 0.05) is 29.7 Å². The van der Waals surface area contributed by atoms with E-state index in [2.05, 4.69) is 20.6 Å². The Morgan fingerprint density at radius 3 is 2.59 bits per heavy atom. The maximum absolute atomic E-state index is 12.3. The van der Waals surface area contributed by atoms with E-state index in [-0.39, 0.29) is 11.7 Å². The van der Waals surface area contributed by atoms with Gasteiger partial charge in [-0.2, -0.15) is 5.10 Å². The lowest BCUT2D eigenvalue weighted by Crippen LogP contribution is -2.17. The first-order valence-corrected chi connectivity index (χ1v) is 11.0. The lowest BCUT2D eigenvalue weighted by Gasteiger charge is -2.18. The van der Waals surface area contributed by atoms with E-state index >= 15 is 0 Å². The molecule has 0 saturated carbocycles. The van der Waals surface area contributed by atoms with E-state index in [9.17, 15) is 4.79 Å². The summed E-state index contributed by atoms with van der Waals surface area (Å²) in [6.45, 7) is 1.04. The van der Waals surface area contributed by atoms with Gasteiger partial charge >= 0.3 is 0 Å². The van der Waals surface area contributed by atoms with Gasteiger partial charge in [-0.1, -0.05) is 23.9 Å². The monoisotopic (exact) mass is 445 g/mol. The van der Waals surface area contributed by atoms with Crippen molar-refractivity contribution >= 4 is 23.4 Å². The number of benzene rings is 2. The van der Waals surface area contributed by atoms with Crippen LogP contribution in [-0.4, -0.2) is 44.9 Å². The number of hydrogen-bond donors (Lipinski definition) is 1. The molecule has 8 nitrogen and oxygen atoms in total. The third kappa shape index (κ3) is 4.57. The van der Waals surface area contributed by atoms with Gasteiger partial charge < -0.3 is 14.8 Å². The van der Waals surface area contributed by atoms with Gasteiger partial charge in [-0.3, -0.25) is 4.79 Å². The maximum atomic E-state index is 12.3. The second-order valence-electron chi connectivity index (χ2n) is 6.95. The number of rotatable bonds is 6. The molecule has 2 aromatic heterocycles. The molecule has 1 N–H and O–H groups in total. The summed E-state index contributed by atoms with van der Waals surface area (Å²) in [5.74, 6) is 1.42. The van der Waals surface area contributed by atoms with Crippen LogP contribution in [0, 0.1) is 0 Å². The van der Waals surface area contributed by atoms with E-state index in [0.29, 0.717) is 35.4 Å². The summed E-state index contributed by atoms with van der Waals surface area (Å²) in [6.07, 6.45) is 3.64. The van der Waals surface area contributed by atoms with Crippen LogP contribution in [0.25, 0.3) is 16.9 Å². The molecule has 0 spiro atoms. The number of fused-ring (bicyclic) bond motifs is 1. The minimum atomic E-state index is -0.133. The summed E-state index contributed by atoms with van der Waals surface area (Å²) < 4.78 is 12.8. The highest BCUT2D eigenvalue weighted by Gasteiger charge is 2.13. The number of carbonyl (C=O) groups is 1. The molecule has 0 saturated heterocycles. The van der Waals surface area contributed by atoms with Crippen LogP contribution in [0.3, 0.4) is 0 Å². The van der Waals surface area contributed by atoms with Crippen molar-refractivity contribution in [3.8, 4) is 28.4 Å². The first-order chi connectivity index (χ1) is 15.7. The molecule has 0 aliphatic carbocycles. The van der Waals surface area contributed by atoms with Crippen molar-refractivity contribution in [3.63, 3.8) is 0 Å². The van der Waals surface area contributed by atoms with Crippen molar-refractivity contribution in [2.24, 2.45) is 0 Å². The van der Waals surface area contributed by atoms with E-state index in [1.54, 1.807) is 29.1 Å². The Hall–Kier alpha value is -3.85. The molecule has 160 valence electrons. The number of amides is 1. The van der Waals surface area contributed by atoms with Crippen LogP contribution in [0.4, 0.5) is 5.69 Å². The third-order valence-corrected chi connectivity index (χ3v) is 5.67. The summed E-state index contributed by atoms with van der Waals surface area (Å²) in [6, 6.07) is 18.9. The summed E-state index contributed by atoms with van der Waals surface area (Å²) >= 11 is 1.33. The van der Waals surface area contributed by atoms with Gasteiger partial charge in [0.05, 0.1) is 17.1 Å². The molecule has 1 aliphatic rings. The lowest BCUT2D eigenvalue weighted by molar-refractivity contribution is -0.113. The zero-order valence-corrected chi connectivity index (χ0v) is 17.8. The molecule has 0 atom stereocenters. The molecule has 5 rings (SSSR count). The predicted octanol–water partition coefficient (Wildman–Crippen LogP) is 3.83. The highest BCUT2D eigenvalue weighted by Crippen LogP contribution is 2.32. The summed E-state index contributed by atoms with van der Waals surface area (Å²) in [5.41, 5.74) is 3.37. The average Bonchev–Trinajstić information content (AvgIpc) is 3.38. The van der Waals surface area contributed by atoms with Gasteiger partial charge in [0.15, 0.2) is 11.5 Å². The van der Waals surface area contributed by atoms with Crippen LogP contribution >= 0.6 is 11.8 Å². The summed E-state index contributed by atoms with van der Waals surface area (Å²) in [7, 11) is 0. The van der Waals surface area contributed by atoms with Crippen molar-refractivity contribution in [2.75, 3.05) is 24.3 Å². The minimum Gasteiger partial charge on any atom is -0.486 e. The van der Waals surface area contributed by atoms with E-state index in [1.165, 1.54) is 11.8 Å². The van der Waals surface area contributed by atoms with E-state index in [1.807, 2.05) is 48.7 Å². The van der Waals surface area contributed by atoms with Crippen LogP contribution < -0.4 is 14.8 Å². The highest BCUT2D eigenvalue weighted by molar-refractivity contribution is 7.99. The van der Waals surface area contributed by atoms with Crippen LogP contribution in [0.5, 0.6) is 11.5 Å². The molecular weight excluding hydrogens is 426 g/mol. The molecule has 0 bridgehead atoms. The lowest BCUT2D eigenvalue weighted by atomic mass is 10.1. The van der Waals surface area contributed by atoms with E-state index < -0.39 is 0 Å². The molecule has 0 radical (unpaired) electrons. The topological polar surface area (TPSA) is 91.2 Å². The number of nitrogens with zero attached hydrogens (tertiary/aromatic N) is 4. The van der Waals surface area contributed by atoms with Gasteiger partial charge in [0.25, 0.3) is 0 Å². The zero-order chi connectivity index (χ0) is 21.8. The van der Waals surface area contributed by atoms with E-state index in [0.717, 1.165) is 16.9 Å². The molecule has 0 fully saturated rings. The van der Waals surface area contributed by atoms with Gasteiger partial charge in [0.1, 0.15) is 18.2 Å². The first-order valence-electron chi connectivity index (χ1n) is 10.0. The average molecular weight is 446 g/mol. The number of thioether (sulfide) groups is 1. The van der Waals surface area contributed by atoms with Gasteiger partial charge in [-0.05, 0) is 42.5 Å². The number of ether oxygens (including phenoxy) is 2. The van der Waals surface area contributed by atoms with Crippen LogP contribution in [0.2, 0.25) is 0 Å². The van der Waals surface area contributed by atoms with Crippen molar-refractivity contribution in [3.05, 3.63) is 73.1 Å². The number of carbonyl (C=O) groups excluding carboxylic acids is 1.